The second-order valence-electron chi connectivity index (χ2n) is 43.2. The lowest BCUT2D eigenvalue weighted by Gasteiger charge is -2.34. The van der Waals surface area contributed by atoms with Crippen LogP contribution in [0.5, 0.6) is 46.0 Å². The summed E-state index contributed by atoms with van der Waals surface area (Å²) in [6.45, 7) is 56.0. The number of alkyl halides is 4. The van der Waals surface area contributed by atoms with Gasteiger partial charge in [-0.25, -0.2) is 9.97 Å². The van der Waals surface area contributed by atoms with Gasteiger partial charge in [0.1, 0.15) is 59.2 Å². The molecule has 660 valence electrons. The fraction of sp³-hybridized carbons (Fsp3) is 0.400. The number of para-hydroxylation sites is 2. The van der Waals surface area contributed by atoms with Gasteiger partial charge in [0, 0.05) is 62.1 Å². The fourth-order valence-corrected chi connectivity index (χ4v) is 20.1. The Labute approximate surface area is 771 Å². The summed E-state index contributed by atoms with van der Waals surface area (Å²) in [6.07, 6.45) is 5.22. The topological polar surface area (TPSA) is 99.6 Å². The minimum absolute atomic E-state index is 0.0520. The van der Waals surface area contributed by atoms with Crippen LogP contribution in [-0.4, -0.2) is 20.6 Å². The molecular formula is C110H124Cl4N2O8P2. The number of fused-ring (bicyclic) bond motifs is 6. The maximum atomic E-state index is 7.20. The quantitative estimate of drug-likeness (QED) is 0.118. The maximum absolute atomic E-state index is 7.20. The van der Waals surface area contributed by atoms with E-state index in [4.69, 9.17) is 93.0 Å². The van der Waals surface area contributed by atoms with Gasteiger partial charge in [-0.15, -0.1) is 46.4 Å². The molecule has 0 aliphatic carbocycles. The van der Waals surface area contributed by atoms with Crippen LogP contribution >= 0.6 is 63.6 Å². The zero-order valence-electron chi connectivity index (χ0n) is 78.2. The number of benzene rings is 10. The van der Waals surface area contributed by atoms with Crippen LogP contribution in [0.2, 0.25) is 0 Å². The molecule has 10 nitrogen and oxygen atoms in total. The summed E-state index contributed by atoms with van der Waals surface area (Å²) in [5.74, 6) is 7.01. The van der Waals surface area contributed by atoms with Crippen LogP contribution in [0.4, 0.5) is 0 Å². The van der Waals surface area contributed by atoms with Gasteiger partial charge >= 0.3 is 17.2 Å². The average Bonchev–Trinajstić information content (AvgIpc) is 0.744. The summed E-state index contributed by atoms with van der Waals surface area (Å²) in [5.41, 5.74) is 31.6. The molecule has 16 heteroatoms. The van der Waals surface area contributed by atoms with E-state index < -0.39 is 17.2 Å². The number of aromatic nitrogens is 2. The molecular weight excluding hydrogens is 1680 g/mol. The second kappa shape index (κ2) is 35.4. The predicted molar refractivity (Wildman–Crippen MR) is 526 cm³/mol. The number of hydrogen-bond donors (Lipinski definition) is 0. The molecule has 0 fully saturated rings. The lowest BCUT2D eigenvalue weighted by Crippen LogP contribution is -2.20. The van der Waals surface area contributed by atoms with Gasteiger partial charge in [0.05, 0.1) is 33.1 Å². The van der Waals surface area contributed by atoms with Crippen molar-refractivity contribution in [1.29, 1.82) is 0 Å². The highest BCUT2D eigenvalue weighted by Crippen LogP contribution is 2.59. The summed E-state index contributed by atoms with van der Waals surface area (Å²) in [5, 5.41) is 2.63. The lowest BCUT2D eigenvalue weighted by atomic mass is 9.79. The highest BCUT2D eigenvalue weighted by molar-refractivity contribution is 7.43. The van der Waals surface area contributed by atoms with Crippen LogP contribution in [-0.2, 0) is 108 Å². The van der Waals surface area contributed by atoms with Crippen molar-refractivity contribution in [3.05, 3.63) is 315 Å². The molecule has 0 radical (unpaired) electrons. The van der Waals surface area contributed by atoms with Crippen molar-refractivity contribution < 1.29 is 36.6 Å². The zero-order valence-corrected chi connectivity index (χ0v) is 83.0. The van der Waals surface area contributed by atoms with Gasteiger partial charge in [0.25, 0.3) is 0 Å². The van der Waals surface area contributed by atoms with Crippen LogP contribution < -0.4 is 36.6 Å². The van der Waals surface area contributed by atoms with E-state index in [2.05, 4.69) is 324 Å². The Morgan fingerprint density at radius 1 is 0.246 bits per heavy atom. The van der Waals surface area contributed by atoms with Gasteiger partial charge in [0.2, 0.25) is 0 Å². The van der Waals surface area contributed by atoms with Gasteiger partial charge < -0.3 is 36.6 Å². The Bertz CT molecular complexity index is 5560. The van der Waals surface area contributed by atoms with Crippen molar-refractivity contribution in [3.8, 4) is 46.0 Å². The molecule has 18 rings (SSSR count). The van der Waals surface area contributed by atoms with E-state index in [-0.39, 0.29) is 54.0 Å². The molecule has 0 unspecified atom stereocenters. The third-order valence-corrected chi connectivity index (χ3v) is 26.9. The van der Waals surface area contributed by atoms with Gasteiger partial charge in [-0.2, -0.15) is 0 Å². The molecule has 10 aromatic carbocycles. The standard InChI is InChI=1S/2C54H60NO4P.2CH2Cl2/c2*1-51(2,3)41-23-33-19-35-25-42(52(4,5)6)27-37-21-39-29-44(54(10,11)12)30-40-22-38-28-43(53(7,8)9)26-36(49(38)58-60(57-48(35)37)59-50(39)40)20-34(24-41)47(33)56-31-45-18-17-32-15-13-14-16-46(32)55-45;2*2-1-3/h2*13-18,23-30H,19-22,31H2,1-12H3;2*1H2. The first-order valence-electron chi connectivity index (χ1n) is 44.3. The van der Waals surface area contributed by atoms with Crippen LogP contribution in [0.15, 0.2) is 170 Å². The second-order valence-corrected chi connectivity index (χ2v) is 46.8. The average molecular weight is 1810 g/mol. The lowest BCUT2D eigenvalue weighted by molar-refractivity contribution is 0.295. The highest BCUT2D eigenvalue weighted by atomic mass is 35.5. The fourth-order valence-electron chi connectivity index (χ4n) is 17.5. The van der Waals surface area contributed by atoms with Crippen molar-refractivity contribution in [3.63, 3.8) is 0 Å². The van der Waals surface area contributed by atoms with Gasteiger partial charge in [-0.05, 0) is 201 Å². The molecule has 0 saturated carbocycles. The van der Waals surface area contributed by atoms with E-state index in [1.54, 1.807) is 0 Å². The monoisotopic (exact) mass is 1800 g/mol. The first kappa shape index (κ1) is 92.2. The SMILES string of the molecule is CC(C)(C)c1cc2c(OCc3ccc4ccccc4n3)c(c1)Cc1cc(C(C)(C)C)cc3c1OP1Oc4c(cc(C(C)(C)C)cc4Cc4cc(C(C)(C)C)cc(c4O1)C3)C2.CC(C)(C)c1cc2c(OCc3ccc4ccccc4n3)c(c1)Cc1cc(C(C)(C)C)cc3c1OP1Oc4c(cc(C(C)(C)C)cc4Cc4cc(C(C)(C)C)cc(c4O1)C3)C2.ClCCl.ClCCl. The van der Waals surface area contributed by atoms with Gasteiger partial charge in [0.15, 0.2) is 0 Å². The van der Waals surface area contributed by atoms with Crippen LogP contribution in [0.25, 0.3) is 21.8 Å². The summed E-state index contributed by atoms with van der Waals surface area (Å²) in [6, 6.07) is 62.9. The van der Waals surface area contributed by atoms with E-state index in [1.807, 2.05) is 12.1 Å². The highest BCUT2D eigenvalue weighted by Gasteiger charge is 2.41. The molecule has 12 bridgehead atoms. The van der Waals surface area contributed by atoms with Crippen LogP contribution in [0.3, 0.4) is 0 Å². The Hall–Kier alpha value is -8.56. The number of hydrogen-bond acceptors (Lipinski definition) is 10. The first-order valence-corrected chi connectivity index (χ1v) is 48.7. The molecule has 0 spiro atoms. The maximum Gasteiger partial charge on any atom is 0.530 e. The third-order valence-electron chi connectivity index (χ3n) is 25.0. The Kier molecular flexibility index (Phi) is 25.9. The van der Waals surface area contributed by atoms with Crippen molar-refractivity contribution in [2.45, 2.75) is 274 Å². The first-order chi connectivity index (χ1) is 59.2. The number of halogens is 4. The van der Waals surface area contributed by atoms with Crippen molar-refractivity contribution >= 4 is 85.4 Å². The molecule has 126 heavy (non-hydrogen) atoms. The molecule has 6 aliphatic rings. The Morgan fingerprint density at radius 2 is 0.413 bits per heavy atom. The van der Waals surface area contributed by atoms with E-state index in [1.165, 1.54) is 66.8 Å². The molecule has 8 heterocycles. The van der Waals surface area contributed by atoms with Gasteiger partial charge in [-0.3, -0.25) is 0 Å². The molecule has 0 atom stereocenters. The predicted octanol–water partition coefficient (Wildman–Crippen LogP) is 31.0. The molecule has 6 aliphatic heterocycles. The Morgan fingerprint density at radius 3 is 0.595 bits per heavy atom. The van der Waals surface area contributed by atoms with Crippen molar-refractivity contribution in [2.75, 3.05) is 10.7 Å². The van der Waals surface area contributed by atoms with Crippen LogP contribution in [0, 0.1) is 0 Å². The smallest absolute Gasteiger partial charge is 0.487 e. The summed E-state index contributed by atoms with van der Waals surface area (Å²) >= 11 is 19.1. The van der Waals surface area contributed by atoms with E-state index in [0.717, 1.165) is 146 Å². The number of nitrogens with zero attached hydrogens (tertiary/aromatic N) is 2. The summed E-state index contributed by atoms with van der Waals surface area (Å²) < 4.78 is 57.1. The minimum atomic E-state index is -1.87. The normalized spacial score (nSPS) is 14.7. The van der Waals surface area contributed by atoms with Crippen LogP contribution in [0.1, 0.15) is 311 Å². The van der Waals surface area contributed by atoms with E-state index >= 15 is 0 Å². The number of ether oxygens (including phenoxy) is 2. The number of pyridine rings is 2. The number of rotatable bonds is 6. The van der Waals surface area contributed by atoms with Crippen molar-refractivity contribution in [2.24, 2.45) is 0 Å². The summed E-state index contributed by atoms with van der Waals surface area (Å²) in [4.78, 5) is 10.1. The minimum Gasteiger partial charge on any atom is -0.487 e. The summed E-state index contributed by atoms with van der Waals surface area (Å²) in [7, 11) is -3.75. The third kappa shape index (κ3) is 20.2. The zero-order chi connectivity index (χ0) is 90.4. The Balaban J connectivity index is 0.000000183. The van der Waals surface area contributed by atoms with E-state index in [9.17, 15) is 0 Å². The van der Waals surface area contributed by atoms with Crippen molar-refractivity contribution in [1.82, 2.24) is 9.97 Å². The molecule has 2 aromatic heterocycles. The molecule has 12 aromatic rings. The molecule has 0 saturated heterocycles. The molecule has 0 amide bonds. The molecule has 0 N–H and O–H groups in total. The largest absolute Gasteiger partial charge is 0.530 e. The van der Waals surface area contributed by atoms with E-state index in [0.29, 0.717) is 64.6 Å². The van der Waals surface area contributed by atoms with Gasteiger partial charge in [-0.1, -0.05) is 312 Å².